The van der Waals surface area contributed by atoms with Gasteiger partial charge in [-0.1, -0.05) is 20.8 Å². The average molecular weight is 214 g/mol. The van der Waals surface area contributed by atoms with Gasteiger partial charge in [0.1, 0.15) is 5.78 Å². The van der Waals surface area contributed by atoms with E-state index >= 15 is 0 Å². The van der Waals surface area contributed by atoms with Crippen LogP contribution in [0.3, 0.4) is 0 Å². The summed E-state index contributed by atoms with van der Waals surface area (Å²) in [5.74, 6) is -5.03. The van der Waals surface area contributed by atoms with Crippen molar-refractivity contribution in [3.63, 3.8) is 0 Å². The van der Waals surface area contributed by atoms with Crippen molar-refractivity contribution in [3.05, 3.63) is 0 Å². The number of hydrogen-bond acceptors (Lipinski definition) is 1. The fourth-order valence-corrected chi connectivity index (χ4v) is 0.728. The smallest absolute Gasteiger partial charge is 0.299 e. The van der Waals surface area contributed by atoms with Crippen LogP contribution in [0.25, 0.3) is 0 Å². The highest BCUT2D eigenvalue weighted by molar-refractivity contribution is 5.84. The Bertz CT molecular complexity index is 211. The fraction of sp³-hybridized carbons (Fsp3) is 0.889. The van der Waals surface area contributed by atoms with Crippen molar-refractivity contribution in [1.29, 1.82) is 0 Å². The first-order valence-electron chi connectivity index (χ1n) is 4.32. The first kappa shape index (κ1) is 13.4. The zero-order valence-electron chi connectivity index (χ0n) is 8.41. The summed E-state index contributed by atoms with van der Waals surface area (Å²) in [7, 11) is 0. The van der Waals surface area contributed by atoms with E-state index < -0.39 is 30.0 Å². The van der Waals surface area contributed by atoms with Gasteiger partial charge in [-0.2, -0.15) is 8.78 Å². The topological polar surface area (TPSA) is 17.1 Å². The minimum absolute atomic E-state index is 0.352. The van der Waals surface area contributed by atoms with Crippen LogP contribution in [0.5, 0.6) is 0 Å². The Morgan fingerprint density at radius 3 is 2.00 bits per heavy atom. The number of rotatable bonds is 5. The number of Topliss-reactive ketones (excluding diaryl/α,β-unsaturated/α-hetero) is 1. The molecule has 0 saturated carbocycles. The van der Waals surface area contributed by atoms with Gasteiger partial charge >= 0.3 is 12.3 Å². The van der Waals surface area contributed by atoms with Crippen LogP contribution in [-0.4, -0.2) is 18.1 Å². The molecule has 0 radical (unpaired) electrons. The van der Waals surface area contributed by atoms with Crippen molar-refractivity contribution < 1.29 is 22.4 Å². The van der Waals surface area contributed by atoms with E-state index in [1.807, 2.05) is 0 Å². The molecular weight excluding hydrogens is 200 g/mol. The lowest BCUT2D eigenvalue weighted by Crippen LogP contribution is -2.35. The molecule has 0 aromatic rings. The van der Waals surface area contributed by atoms with Crippen LogP contribution < -0.4 is 0 Å². The van der Waals surface area contributed by atoms with Gasteiger partial charge in [-0.25, -0.2) is 8.78 Å². The highest BCUT2D eigenvalue weighted by atomic mass is 19.3. The average Bonchev–Trinajstić information content (AvgIpc) is 2.03. The second-order valence-electron chi connectivity index (χ2n) is 3.90. The lowest BCUT2D eigenvalue weighted by molar-refractivity contribution is -0.155. The van der Waals surface area contributed by atoms with E-state index in [1.165, 1.54) is 13.8 Å². The van der Waals surface area contributed by atoms with Gasteiger partial charge in [-0.3, -0.25) is 4.79 Å². The summed E-state index contributed by atoms with van der Waals surface area (Å²) in [6, 6.07) is 0. The van der Waals surface area contributed by atoms with Crippen molar-refractivity contribution in [3.8, 4) is 0 Å². The summed E-state index contributed by atoms with van der Waals surface area (Å²) in [6.07, 6.45) is -4.81. The van der Waals surface area contributed by atoms with Crippen molar-refractivity contribution in [2.45, 2.75) is 46.0 Å². The molecule has 84 valence electrons. The van der Waals surface area contributed by atoms with Crippen molar-refractivity contribution in [1.82, 2.24) is 0 Å². The Hall–Kier alpha value is -0.610. The zero-order chi connectivity index (χ0) is 11.6. The predicted octanol–water partition coefficient (Wildman–Crippen LogP) is 3.28. The highest BCUT2D eigenvalue weighted by Gasteiger charge is 2.45. The summed E-state index contributed by atoms with van der Waals surface area (Å²) in [4.78, 5) is 11.2. The van der Waals surface area contributed by atoms with Gasteiger partial charge in [-0.05, 0) is 6.42 Å². The molecule has 0 aliphatic rings. The van der Waals surface area contributed by atoms with Crippen LogP contribution in [0.2, 0.25) is 0 Å². The lowest BCUT2D eigenvalue weighted by Gasteiger charge is -2.23. The third-order valence-electron chi connectivity index (χ3n) is 2.35. The van der Waals surface area contributed by atoms with Crippen LogP contribution in [0, 0.1) is 5.41 Å². The molecule has 0 unspecified atom stereocenters. The molecule has 0 saturated heterocycles. The first-order chi connectivity index (χ1) is 6.13. The maximum absolute atomic E-state index is 12.5. The summed E-state index contributed by atoms with van der Waals surface area (Å²) in [5, 5.41) is 0. The first-order valence-corrected chi connectivity index (χ1v) is 4.32. The predicted molar refractivity (Wildman–Crippen MR) is 44.6 cm³/mol. The van der Waals surface area contributed by atoms with E-state index in [9.17, 15) is 22.4 Å². The van der Waals surface area contributed by atoms with Gasteiger partial charge in [-0.15, -0.1) is 0 Å². The highest BCUT2D eigenvalue weighted by Crippen LogP contribution is 2.32. The van der Waals surface area contributed by atoms with Crippen molar-refractivity contribution >= 4 is 5.78 Å². The van der Waals surface area contributed by atoms with Gasteiger partial charge in [0.25, 0.3) is 0 Å². The minimum atomic E-state index is -4.20. The Kier molecular flexibility index (Phi) is 4.09. The van der Waals surface area contributed by atoms with E-state index in [-0.39, 0.29) is 0 Å². The normalized spacial score (nSPS) is 13.4. The molecule has 0 bridgehead atoms. The Labute approximate surface area is 80.5 Å². The Balaban J connectivity index is 4.48. The van der Waals surface area contributed by atoms with E-state index in [0.29, 0.717) is 6.42 Å². The number of alkyl halides is 4. The van der Waals surface area contributed by atoms with Crippen molar-refractivity contribution in [2.24, 2.45) is 5.41 Å². The summed E-state index contributed by atoms with van der Waals surface area (Å²) in [5.41, 5.74) is -0.960. The second-order valence-corrected chi connectivity index (χ2v) is 3.90. The van der Waals surface area contributed by atoms with Crippen LogP contribution in [0.4, 0.5) is 17.6 Å². The van der Waals surface area contributed by atoms with E-state index in [0.717, 1.165) is 0 Å². The van der Waals surface area contributed by atoms with E-state index in [4.69, 9.17) is 0 Å². The molecule has 0 atom stereocenters. The monoisotopic (exact) mass is 214 g/mol. The lowest BCUT2D eigenvalue weighted by atomic mass is 9.83. The number of halogens is 4. The molecule has 0 N–H and O–H groups in total. The number of carbonyl (C=O) groups is 1. The van der Waals surface area contributed by atoms with Gasteiger partial charge in [0.15, 0.2) is 0 Å². The molecule has 0 aliphatic carbocycles. The molecule has 1 nitrogen and oxygen atoms in total. The Morgan fingerprint density at radius 2 is 1.71 bits per heavy atom. The second kappa shape index (κ2) is 4.28. The molecule has 0 fully saturated rings. The molecule has 0 aliphatic heterocycles. The summed E-state index contributed by atoms with van der Waals surface area (Å²) < 4.78 is 48.5. The molecule has 0 aromatic carbocycles. The maximum atomic E-state index is 12.5. The largest absolute Gasteiger partial charge is 0.314 e. The number of hydrogen-bond donors (Lipinski definition) is 0. The van der Waals surface area contributed by atoms with Gasteiger partial charge < -0.3 is 0 Å². The van der Waals surface area contributed by atoms with Gasteiger partial charge in [0, 0.05) is 5.41 Å². The zero-order valence-corrected chi connectivity index (χ0v) is 8.41. The molecule has 5 heteroatoms. The number of carbonyl (C=O) groups excluding carboxylic acids is 1. The Morgan fingerprint density at radius 1 is 1.29 bits per heavy atom. The molecule has 0 spiro atoms. The molecule has 0 amide bonds. The van der Waals surface area contributed by atoms with Crippen LogP contribution in [0.1, 0.15) is 33.6 Å². The molecule has 0 rings (SSSR count). The van der Waals surface area contributed by atoms with Gasteiger partial charge in [0.2, 0.25) is 0 Å². The SMILES string of the molecule is CCC(C)(C)C(=O)CC(F)(F)C(F)F. The molecule has 0 aromatic heterocycles. The summed E-state index contributed by atoms with van der Waals surface area (Å²) in [6.45, 7) is 4.59. The van der Waals surface area contributed by atoms with Crippen LogP contribution in [-0.2, 0) is 4.79 Å². The maximum Gasteiger partial charge on any atom is 0.314 e. The minimum Gasteiger partial charge on any atom is -0.299 e. The van der Waals surface area contributed by atoms with E-state index in [2.05, 4.69) is 0 Å². The fourth-order valence-electron chi connectivity index (χ4n) is 0.728. The molecule has 14 heavy (non-hydrogen) atoms. The summed E-state index contributed by atoms with van der Waals surface area (Å²) >= 11 is 0. The third kappa shape index (κ3) is 3.27. The van der Waals surface area contributed by atoms with E-state index in [1.54, 1.807) is 6.92 Å². The standard InChI is InChI=1S/C9H14F4O/c1-4-8(2,3)6(14)5-9(12,13)7(10)11/h7H,4-5H2,1-3H3. The molecular formula is C9H14F4O. The van der Waals surface area contributed by atoms with Crippen LogP contribution >= 0.6 is 0 Å². The van der Waals surface area contributed by atoms with Crippen LogP contribution in [0.15, 0.2) is 0 Å². The quantitative estimate of drug-likeness (QED) is 0.642. The molecule has 0 heterocycles. The number of ketones is 1. The third-order valence-corrected chi connectivity index (χ3v) is 2.35. The van der Waals surface area contributed by atoms with Crippen molar-refractivity contribution in [2.75, 3.05) is 0 Å². The van der Waals surface area contributed by atoms with Gasteiger partial charge in [0.05, 0.1) is 6.42 Å².